The van der Waals surface area contributed by atoms with E-state index in [0.717, 1.165) is 30.4 Å². The smallest absolute Gasteiger partial charge is 0.222 e. The van der Waals surface area contributed by atoms with Crippen LogP contribution < -0.4 is 16.0 Å². The Morgan fingerprint density at radius 2 is 2.05 bits per heavy atom. The number of carbonyl (C=O) groups is 1. The molecule has 1 aliphatic rings. The molecule has 1 aromatic heterocycles. The SMILES string of the molecule is CCCNc1cc(NC2CNC(=O)C2)nc(C(C)(C)C)n1. The molecular weight excluding hydrogens is 266 g/mol. The molecule has 0 radical (unpaired) electrons. The maximum absolute atomic E-state index is 11.3. The normalized spacial score (nSPS) is 18.5. The summed E-state index contributed by atoms with van der Waals surface area (Å²) in [6, 6.07) is 2.01. The molecule has 2 heterocycles. The molecule has 1 aromatic rings. The van der Waals surface area contributed by atoms with Crippen LogP contribution in [0.5, 0.6) is 0 Å². The van der Waals surface area contributed by atoms with Crippen LogP contribution in [0.1, 0.15) is 46.4 Å². The highest BCUT2D eigenvalue weighted by Crippen LogP contribution is 2.23. The van der Waals surface area contributed by atoms with Crippen molar-refractivity contribution in [1.82, 2.24) is 15.3 Å². The van der Waals surface area contributed by atoms with E-state index in [4.69, 9.17) is 0 Å². The minimum absolute atomic E-state index is 0.0851. The maximum atomic E-state index is 11.3. The first-order valence-corrected chi connectivity index (χ1v) is 7.55. The van der Waals surface area contributed by atoms with Crippen LogP contribution in [-0.4, -0.2) is 35.0 Å². The van der Waals surface area contributed by atoms with Crippen molar-refractivity contribution in [2.45, 2.75) is 52.0 Å². The molecule has 0 aromatic carbocycles. The fourth-order valence-corrected chi connectivity index (χ4v) is 2.12. The number of hydrogen-bond donors (Lipinski definition) is 3. The van der Waals surface area contributed by atoms with E-state index >= 15 is 0 Å². The molecule has 1 atom stereocenters. The second-order valence-electron chi connectivity index (χ2n) is 6.49. The molecule has 6 heteroatoms. The number of aromatic nitrogens is 2. The first-order chi connectivity index (χ1) is 9.88. The molecule has 1 amide bonds. The zero-order valence-electron chi connectivity index (χ0n) is 13.3. The Morgan fingerprint density at radius 1 is 1.33 bits per heavy atom. The van der Waals surface area contributed by atoms with Gasteiger partial charge in [0.2, 0.25) is 5.91 Å². The van der Waals surface area contributed by atoms with Crippen molar-refractivity contribution in [3.63, 3.8) is 0 Å². The molecule has 1 fully saturated rings. The lowest BCUT2D eigenvalue weighted by atomic mass is 9.96. The quantitative estimate of drug-likeness (QED) is 0.772. The van der Waals surface area contributed by atoms with Crippen LogP contribution in [0.25, 0.3) is 0 Å². The maximum Gasteiger partial charge on any atom is 0.222 e. The van der Waals surface area contributed by atoms with Crippen LogP contribution in [0, 0.1) is 0 Å². The van der Waals surface area contributed by atoms with E-state index in [0.29, 0.717) is 13.0 Å². The third-order valence-corrected chi connectivity index (χ3v) is 3.28. The van der Waals surface area contributed by atoms with Gasteiger partial charge in [-0.1, -0.05) is 27.7 Å². The van der Waals surface area contributed by atoms with Crippen molar-refractivity contribution in [1.29, 1.82) is 0 Å². The van der Waals surface area contributed by atoms with E-state index in [1.807, 2.05) is 6.07 Å². The lowest BCUT2D eigenvalue weighted by molar-refractivity contribution is -0.119. The van der Waals surface area contributed by atoms with Crippen molar-refractivity contribution in [3.05, 3.63) is 11.9 Å². The van der Waals surface area contributed by atoms with Gasteiger partial charge in [-0.05, 0) is 6.42 Å². The first-order valence-electron chi connectivity index (χ1n) is 7.55. The fourth-order valence-electron chi connectivity index (χ4n) is 2.12. The van der Waals surface area contributed by atoms with Gasteiger partial charge in [0.05, 0.1) is 6.04 Å². The average molecular weight is 291 g/mol. The second kappa shape index (κ2) is 6.28. The molecule has 0 saturated carbocycles. The van der Waals surface area contributed by atoms with Crippen molar-refractivity contribution < 1.29 is 4.79 Å². The van der Waals surface area contributed by atoms with Crippen LogP contribution in [0.15, 0.2) is 6.07 Å². The zero-order chi connectivity index (χ0) is 15.5. The standard InChI is InChI=1S/C15H25N5O/c1-5-6-16-11-8-12(18-10-7-13(21)17-9-10)20-14(19-11)15(2,3)4/h8,10H,5-7,9H2,1-4H3,(H,17,21)(H2,16,18,19,20). The van der Waals surface area contributed by atoms with Crippen LogP contribution in [0.4, 0.5) is 11.6 Å². The molecule has 0 aliphatic carbocycles. The highest BCUT2D eigenvalue weighted by Gasteiger charge is 2.23. The third-order valence-electron chi connectivity index (χ3n) is 3.28. The highest BCUT2D eigenvalue weighted by molar-refractivity contribution is 5.79. The van der Waals surface area contributed by atoms with Gasteiger partial charge in [-0.15, -0.1) is 0 Å². The summed E-state index contributed by atoms with van der Waals surface area (Å²) in [4.78, 5) is 20.5. The molecule has 2 rings (SSSR count). The Morgan fingerprint density at radius 3 is 2.62 bits per heavy atom. The van der Waals surface area contributed by atoms with Crippen LogP contribution in [-0.2, 0) is 10.2 Å². The van der Waals surface area contributed by atoms with Gasteiger partial charge in [-0.2, -0.15) is 0 Å². The van der Waals surface area contributed by atoms with E-state index in [9.17, 15) is 4.79 Å². The average Bonchev–Trinajstić information content (AvgIpc) is 2.80. The van der Waals surface area contributed by atoms with Gasteiger partial charge in [-0.25, -0.2) is 9.97 Å². The molecule has 3 N–H and O–H groups in total. The number of nitrogens with one attached hydrogen (secondary N) is 3. The van der Waals surface area contributed by atoms with Crippen LogP contribution >= 0.6 is 0 Å². The predicted molar refractivity (Wildman–Crippen MR) is 84.6 cm³/mol. The van der Waals surface area contributed by atoms with E-state index in [1.54, 1.807) is 0 Å². The number of rotatable bonds is 5. The van der Waals surface area contributed by atoms with Gasteiger partial charge in [0.1, 0.15) is 17.5 Å². The Bertz CT molecular complexity index is 509. The Kier molecular flexibility index (Phi) is 4.65. The third kappa shape index (κ3) is 4.31. The molecule has 0 spiro atoms. The van der Waals surface area contributed by atoms with E-state index in [2.05, 4.69) is 53.6 Å². The number of carbonyl (C=O) groups excluding carboxylic acids is 1. The molecular formula is C15H25N5O. The minimum atomic E-state index is -0.121. The molecule has 116 valence electrons. The molecule has 1 saturated heterocycles. The van der Waals surface area contributed by atoms with Gasteiger partial charge in [0.15, 0.2) is 0 Å². The van der Waals surface area contributed by atoms with Crippen LogP contribution in [0.2, 0.25) is 0 Å². The number of nitrogens with zero attached hydrogens (tertiary/aromatic N) is 2. The lowest BCUT2D eigenvalue weighted by Gasteiger charge is -2.20. The molecule has 1 aliphatic heterocycles. The van der Waals surface area contributed by atoms with Gasteiger partial charge in [-0.3, -0.25) is 4.79 Å². The monoisotopic (exact) mass is 291 g/mol. The van der Waals surface area contributed by atoms with E-state index in [1.165, 1.54) is 0 Å². The van der Waals surface area contributed by atoms with Gasteiger partial charge in [0, 0.05) is 31.0 Å². The molecule has 6 nitrogen and oxygen atoms in total. The zero-order valence-corrected chi connectivity index (χ0v) is 13.3. The lowest BCUT2D eigenvalue weighted by Crippen LogP contribution is -2.25. The van der Waals surface area contributed by atoms with Gasteiger partial charge in [0.25, 0.3) is 0 Å². The van der Waals surface area contributed by atoms with Crippen molar-refractivity contribution in [2.75, 3.05) is 23.7 Å². The summed E-state index contributed by atoms with van der Waals surface area (Å²) in [5, 5.41) is 9.46. The summed E-state index contributed by atoms with van der Waals surface area (Å²) < 4.78 is 0. The summed E-state index contributed by atoms with van der Waals surface area (Å²) in [5.41, 5.74) is -0.121. The van der Waals surface area contributed by atoms with E-state index < -0.39 is 0 Å². The van der Waals surface area contributed by atoms with E-state index in [-0.39, 0.29) is 17.4 Å². The Labute approximate surface area is 126 Å². The van der Waals surface area contributed by atoms with Crippen molar-refractivity contribution >= 4 is 17.5 Å². The predicted octanol–water partition coefficient (Wildman–Crippen LogP) is 1.90. The Hall–Kier alpha value is -1.85. The largest absolute Gasteiger partial charge is 0.370 e. The van der Waals surface area contributed by atoms with Gasteiger partial charge >= 0.3 is 0 Å². The Balaban J connectivity index is 2.20. The topological polar surface area (TPSA) is 78.9 Å². The summed E-state index contributed by atoms with van der Waals surface area (Å²) >= 11 is 0. The van der Waals surface area contributed by atoms with Gasteiger partial charge < -0.3 is 16.0 Å². The second-order valence-corrected chi connectivity index (χ2v) is 6.49. The molecule has 21 heavy (non-hydrogen) atoms. The number of anilines is 2. The summed E-state index contributed by atoms with van der Waals surface area (Å²) in [6.45, 7) is 9.92. The minimum Gasteiger partial charge on any atom is -0.370 e. The molecule has 0 bridgehead atoms. The summed E-state index contributed by atoms with van der Waals surface area (Å²) in [5.74, 6) is 2.48. The highest BCUT2D eigenvalue weighted by atomic mass is 16.1. The summed E-state index contributed by atoms with van der Waals surface area (Å²) in [6.07, 6.45) is 1.53. The summed E-state index contributed by atoms with van der Waals surface area (Å²) in [7, 11) is 0. The van der Waals surface area contributed by atoms with Crippen molar-refractivity contribution in [2.24, 2.45) is 0 Å². The van der Waals surface area contributed by atoms with Crippen LogP contribution in [0.3, 0.4) is 0 Å². The van der Waals surface area contributed by atoms with Crippen molar-refractivity contribution in [3.8, 4) is 0 Å². The fraction of sp³-hybridized carbons (Fsp3) is 0.667. The molecule has 1 unspecified atom stereocenters. The number of amides is 1. The number of hydrogen-bond acceptors (Lipinski definition) is 5. The first kappa shape index (κ1) is 15.5.